The van der Waals surface area contributed by atoms with E-state index in [2.05, 4.69) is 5.32 Å². The van der Waals surface area contributed by atoms with Crippen LogP contribution in [-0.4, -0.2) is 17.1 Å². The summed E-state index contributed by atoms with van der Waals surface area (Å²) >= 11 is 5.62. The quantitative estimate of drug-likeness (QED) is 0.632. The SMILES string of the molecule is CC(=O)NCc1ccc(C(=O)[C@H](C)Cl)o1. The smallest absolute Gasteiger partial charge is 0.217 e. The van der Waals surface area contributed by atoms with Crippen LogP contribution in [0, 0.1) is 0 Å². The maximum atomic E-state index is 11.4. The fourth-order valence-corrected chi connectivity index (χ4v) is 1.12. The molecule has 1 aromatic rings. The summed E-state index contributed by atoms with van der Waals surface area (Å²) in [6.07, 6.45) is 0. The van der Waals surface area contributed by atoms with E-state index in [0.717, 1.165) is 0 Å². The van der Waals surface area contributed by atoms with Gasteiger partial charge in [0, 0.05) is 6.92 Å². The second-order valence-corrected chi connectivity index (χ2v) is 3.81. The molecule has 1 aromatic heterocycles. The third kappa shape index (κ3) is 3.40. The van der Waals surface area contributed by atoms with Gasteiger partial charge in [-0.1, -0.05) is 0 Å². The summed E-state index contributed by atoms with van der Waals surface area (Å²) in [5, 5.41) is 1.96. The number of rotatable bonds is 4. The molecule has 1 heterocycles. The maximum Gasteiger partial charge on any atom is 0.217 e. The molecule has 4 nitrogen and oxygen atoms in total. The Morgan fingerprint density at radius 1 is 1.53 bits per heavy atom. The molecule has 0 aromatic carbocycles. The lowest BCUT2D eigenvalue weighted by Crippen LogP contribution is -2.18. The Kier molecular flexibility index (Phi) is 3.91. The van der Waals surface area contributed by atoms with Crippen LogP contribution in [0.25, 0.3) is 0 Å². The zero-order chi connectivity index (χ0) is 11.4. The molecular formula is C10H12ClNO3. The van der Waals surface area contributed by atoms with Crippen molar-refractivity contribution in [2.75, 3.05) is 0 Å². The third-order valence-corrected chi connectivity index (χ3v) is 1.98. The molecule has 15 heavy (non-hydrogen) atoms. The molecule has 0 saturated carbocycles. The lowest BCUT2D eigenvalue weighted by molar-refractivity contribution is -0.119. The first kappa shape index (κ1) is 11.8. The zero-order valence-electron chi connectivity index (χ0n) is 8.54. The van der Waals surface area contributed by atoms with Crippen molar-refractivity contribution in [1.82, 2.24) is 5.32 Å². The van der Waals surface area contributed by atoms with Crippen LogP contribution < -0.4 is 5.32 Å². The Labute approximate surface area is 92.6 Å². The van der Waals surface area contributed by atoms with Crippen molar-refractivity contribution in [3.8, 4) is 0 Å². The van der Waals surface area contributed by atoms with Crippen molar-refractivity contribution in [2.24, 2.45) is 0 Å². The third-order valence-electron chi connectivity index (χ3n) is 1.78. The first-order chi connectivity index (χ1) is 7.00. The van der Waals surface area contributed by atoms with Crippen molar-refractivity contribution in [3.05, 3.63) is 23.7 Å². The number of carbonyl (C=O) groups is 2. The van der Waals surface area contributed by atoms with Gasteiger partial charge in [-0.3, -0.25) is 9.59 Å². The zero-order valence-corrected chi connectivity index (χ0v) is 9.30. The van der Waals surface area contributed by atoms with Crippen molar-refractivity contribution in [2.45, 2.75) is 25.8 Å². The monoisotopic (exact) mass is 229 g/mol. The van der Waals surface area contributed by atoms with E-state index in [1.807, 2.05) is 0 Å². The van der Waals surface area contributed by atoms with Gasteiger partial charge in [-0.25, -0.2) is 0 Å². The van der Waals surface area contributed by atoms with E-state index in [1.54, 1.807) is 19.1 Å². The van der Waals surface area contributed by atoms with Crippen LogP contribution in [0.15, 0.2) is 16.5 Å². The average Bonchev–Trinajstić information content (AvgIpc) is 2.61. The number of ketones is 1. The van der Waals surface area contributed by atoms with E-state index < -0.39 is 5.38 Å². The summed E-state index contributed by atoms with van der Waals surface area (Å²) in [5.41, 5.74) is 0. The predicted molar refractivity (Wildman–Crippen MR) is 55.9 cm³/mol. The van der Waals surface area contributed by atoms with Gasteiger partial charge in [0.15, 0.2) is 5.76 Å². The molecule has 0 spiro atoms. The second kappa shape index (κ2) is 4.98. The van der Waals surface area contributed by atoms with Crippen LogP contribution in [-0.2, 0) is 11.3 Å². The van der Waals surface area contributed by atoms with Crippen molar-refractivity contribution < 1.29 is 14.0 Å². The van der Waals surface area contributed by atoms with Gasteiger partial charge >= 0.3 is 0 Å². The van der Waals surface area contributed by atoms with Crippen LogP contribution in [0.1, 0.15) is 30.2 Å². The van der Waals surface area contributed by atoms with E-state index in [0.29, 0.717) is 5.76 Å². The van der Waals surface area contributed by atoms with Crippen LogP contribution >= 0.6 is 11.6 Å². The lowest BCUT2D eigenvalue weighted by Gasteiger charge is -1.99. The molecule has 0 fully saturated rings. The highest BCUT2D eigenvalue weighted by Crippen LogP contribution is 2.12. The van der Waals surface area contributed by atoms with Gasteiger partial charge in [-0.15, -0.1) is 11.6 Å². The minimum Gasteiger partial charge on any atom is -0.456 e. The van der Waals surface area contributed by atoms with Crippen molar-refractivity contribution in [3.63, 3.8) is 0 Å². The number of carbonyl (C=O) groups excluding carboxylic acids is 2. The van der Waals surface area contributed by atoms with E-state index in [4.69, 9.17) is 16.0 Å². The molecule has 82 valence electrons. The maximum absolute atomic E-state index is 11.4. The fourth-order valence-electron chi connectivity index (χ4n) is 1.01. The van der Waals surface area contributed by atoms with E-state index in [-0.39, 0.29) is 24.0 Å². The van der Waals surface area contributed by atoms with Crippen molar-refractivity contribution >= 4 is 23.3 Å². The Bertz CT molecular complexity index is 370. The van der Waals surface area contributed by atoms with E-state index >= 15 is 0 Å². The number of Topliss-reactive ketones (excluding diaryl/α,β-unsaturated/α-hetero) is 1. The van der Waals surface area contributed by atoms with E-state index in [1.165, 1.54) is 6.92 Å². The molecule has 0 saturated heterocycles. The Morgan fingerprint density at radius 3 is 2.73 bits per heavy atom. The Balaban J connectivity index is 2.64. The average molecular weight is 230 g/mol. The van der Waals surface area contributed by atoms with Gasteiger partial charge in [0.2, 0.25) is 11.7 Å². The lowest BCUT2D eigenvalue weighted by atomic mass is 10.2. The van der Waals surface area contributed by atoms with Crippen molar-refractivity contribution in [1.29, 1.82) is 0 Å². The van der Waals surface area contributed by atoms with Gasteiger partial charge < -0.3 is 9.73 Å². The molecule has 0 aliphatic carbocycles. The van der Waals surface area contributed by atoms with Gasteiger partial charge in [-0.05, 0) is 19.1 Å². The summed E-state index contributed by atoms with van der Waals surface area (Å²) in [4.78, 5) is 22.0. The summed E-state index contributed by atoms with van der Waals surface area (Å²) in [6.45, 7) is 3.27. The van der Waals surface area contributed by atoms with Gasteiger partial charge in [0.05, 0.1) is 11.9 Å². The van der Waals surface area contributed by atoms with Crippen LogP contribution in [0.3, 0.4) is 0 Å². The number of hydrogen-bond donors (Lipinski definition) is 1. The molecule has 1 amide bonds. The predicted octanol–water partition coefficient (Wildman–Crippen LogP) is 1.73. The number of alkyl halides is 1. The number of furan rings is 1. The summed E-state index contributed by atoms with van der Waals surface area (Å²) < 4.78 is 5.21. The highest BCUT2D eigenvalue weighted by atomic mass is 35.5. The Morgan fingerprint density at radius 2 is 2.20 bits per heavy atom. The molecule has 5 heteroatoms. The van der Waals surface area contributed by atoms with Gasteiger partial charge in [0.25, 0.3) is 0 Å². The van der Waals surface area contributed by atoms with Gasteiger partial charge in [-0.2, -0.15) is 0 Å². The number of hydrogen-bond acceptors (Lipinski definition) is 3. The largest absolute Gasteiger partial charge is 0.456 e. The summed E-state index contributed by atoms with van der Waals surface area (Å²) in [5.74, 6) is 0.347. The number of halogens is 1. The van der Waals surface area contributed by atoms with Crippen LogP contribution in [0.2, 0.25) is 0 Å². The highest BCUT2D eigenvalue weighted by molar-refractivity contribution is 6.33. The molecule has 0 aliphatic rings. The molecule has 0 bridgehead atoms. The molecule has 0 radical (unpaired) electrons. The van der Waals surface area contributed by atoms with Gasteiger partial charge in [0.1, 0.15) is 5.76 Å². The highest BCUT2D eigenvalue weighted by Gasteiger charge is 2.16. The first-order valence-corrected chi connectivity index (χ1v) is 4.95. The normalized spacial score (nSPS) is 12.2. The fraction of sp³-hybridized carbons (Fsp3) is 0.400. The van der Waals surface area contributed by atoms with E-state index in [9.17, 15) is 9.59 Å². The second-order valence-electron chi connectivity index (χ2n) is 3.16. The molecule has 1 N–H and O–H groups in total. The molecule has 1 rings (SSSR count). The number of amides is 1. The molecule has 0 aliphatic heterocycles. The number of nitrogens with one attached hydrogen (secondary N) is 1. The minimum atomic E-state index is -0.607. The Hall–Kier alpha value is -1.29. The summed E-state index contributed by atoms with van der Waals surface area (Å²) in [6, 6.07) is 3.20. The standard InChI is InChI=1S/C10H12ClNO3/c1-6(11)10(14)9-4-3-8(15-9)5-12-7(2)13/h3-4,6H,5H2,1-2H3,(H,12,13)/t6-/m0/s1. The molecule has 0 unspecified atom stereocenters. The minimum absolute atomic E-state index is 0.148. The summed E-state index contributed by atoms with van der Waals surface area (Å²) in [7, 11) is 0. The van der Waals surface area contributed by atoms with Crippen LogP contribution in [0.4, 0.5) is 0 Å². The topological polar surface area (TPSA) is 59.3 Å². The van der Waals surface area contributed by atoms with Crippen LogP contribution in [0.5, 0.6) is 0 Å². The first-order valence-electron chi connectivity index (χ1n) is 4.52. The molecule has 1 atom stereocenters. The molecular weight excluding hydrogens is 218 g/mol.